The number of furan rings is 1. The molecule has 0 aliphatic heterocycles. The predicted octanol–water partition coefficient (Wildman–Crippen LogP) is 25.9. The van der Waals surface area contributed by atoms with Crippen molar-refractivity contribution in [2.75, 3.05) is 0 Å². The van der Waals surface area contributed by atoms with Crippen LogP contribution in [0.2, 0.25) is 0 Å². The molecular weight excluding hydrogens is 1050 g/mol. The van der Waals surface area contributed by atoms with Crippen molar-refractivity contribution in [1.29, 1.82) is 0 Å². The van der Waals surface area contributed by atoms with Crippen LogP contribution in [0.25, 0.3) is 0 Å². The molecule has 0 amide bonds. The zero-order valence-electron chi connectivity index (χ0n) is 60.7. The standard InChI is InChI=1S/C14H22.C13H21N.C12H20O.3C12H20S.C2H6/c1-13(2,3)11-8-7-9-12(10-11)14(4,5)6;1-12(2,3)10-7-11(9-14-8-10)13(4,5)6;2*1-11(2,3)9-7-10(13-8-9)12(4,5)6;2*1-11(2,3)9-7-8-10(13-9)12(4,5)6;1-2/h7-10H,1-6H3;7-9H,1-6H3;4*7-8H,1-6H3;1-2H3. The molecule has 0 saturated heterocycles. The fourth-order valence-electron chi connectivity index (χ4n) is 7.25. The Bertz CT molecular complexity index is 2260. The van der Waals surface area contributed by atoms with Gasteiger partial charge in [-0.3, -0.25) is 4.98 Å². The number of hydrogen-bond donors (Lipinski definition) is 0. The summed E-state index contributed by atoms with van der Waals surface area (Å²) in [6, 6.07) is 24.8. The lowest BCUT2D eigenvalue weighted by atomic mass is 9.81. The van der Waals surface area contributed by atoms with Gasteiger partial charge >= 0.3 is 0 Å². The molecule has 0 aliphatic rings. The van der Waals surface area contributed by atoms with Crippen LogP contribution >= 0.6 is 34.0 Å². The Kier molecular flexibility index (Phi) is 28.3. The van der Waals surface area contributed by atoms with E-state index in [2.05, 4.69) is 326 Å². The summed E-state index contributed by atoms with van der Waals surface area (Å²) in [5, 5.41) is 2.29. The van der Waals surface area contributed by atoms with E-state index in [0.717, 1.165) is 5.76 Å². The smallest absolute Gasteiger partial charge is 0.109 e. The summed E-state index contributed by atoms with van der Waals surface area (Å²) in [6.07, 6.45) is 5.81. The van der Waals surface area contributed by atoms with E-state index >= 15 is 0 Å². The average Bonchev–Trinajstić information content (AvgIpc) is 4.12. The van der Waals surface area contributed by atoms with E-state index in [1.807, 2.05) is 66.5 Å². The van der Waals surface area contributed by atoms with Gasteiger partial charge in [-0.2, -0.15) is 0 Å². The van der Waals surface area contributed by atoms with E-state index < -0.39 is 0 Å². The molecule has 0 atom stereocenters. The Morgan fingerprint density at radius 2 is 0.561 bits per heavy atom. The van der Waals surface area contributed by atoms with Crippen LogP contribution in [0.5, 0.6) is 0 Å². The van der Waals surface area contributed by atoms with Crippen LogP contribution in [0.3, 0.4) is 0 Å². The summed E-state index contributed by atoms with van der Waals surface area (Å²) in [7, 11) is 0. The van der Waals surface area contributed by atoms with Gasteiger partial charge in [-0.25, -0.2) is 0 Å². The highest BCUT2D eigenvalue weighted by Crippen LogP contribution is 2.38. The van der Waals surface area contributed by atoms with Crippen LogP contribution in [0.4, 0.5) is 0 Å². The van der Waals surface area contributed by atoms with Crippen molar-refractivity contribution in [1.82, 2.24) is 4.98 Å². The van der Waals surface area contributed by atoms with Gasteiger partial charge in [-0.05, 0) is 135 Å². The third-order valence-electron chi connectivity index (χ3n) is 13.6. The molecule has 0 unspecified atom stereocenters. The van der Waals surface area contributed by atoms with E-state index in [-0.39, 0.29) is 32.5 Å². The number of hydrogen-bond acceptors (Lipinski definition) is 5. The lowest BCUT2D eigenvalue weighted by Crippen LogP contribution is -2.16. The first-order chi connectivity index (χ1) is 36.3. The monoisotopic (exact) mass is 1180 g/mol. The molecule has 0 saturated carbocycles. The van der Waals surface area contributed by atoms with Gasteiger partial charge in [0.25, 0.3) is 0 Å². The first-order valence-electron chi connectivity index (χ1n) is 30.7. The second-order valence-corrected chi connectivity index (χ2v) is 37.8. The zero-order chi connectivity index (χ0) is 65.1. The van der Waals surface area contributed by atoms with E-state index in [9.17, 15) is 0 Å². The second kappa shape index (κ2) is 29.4. The molecule has 5 heterocycles. The molecular formula is C77H129NOS3. The third-order valence-corrected chi connectivity index (χ3v) is 18.9. The van der Waals surface area contributed by atoms with Crippen LogP contribution in [-0.4, -0.2) is 4.98 Å². The summed E-state index contributed by atoms with van der Waals surface area (Å²) >= 11 is 5.78. The third kappa shape index (κ3) is 28.3. The molecule has 0 spiro atoms. The maximum Gasteiger partial charge on any atom is 0.109 e. The molecule has 6 rings (SSSR count). The molecule has 0 fully saturated rings. The molecule has 5 heteroatoms. The van der Waals surface area contributed by atoms with E-state index in [0.29, 0.717) is 32.5 Å². The van der Waals surface area contributed by atoms with Gasteiger partial charge in [0.2, 0.25) is 0 Å². The van der Waals surface area contributed by atoms with E-state index in [4.69, 9.17) is 4.42 Å². The van der Waals surface area contributed by atoms with Gasteiger partial charge in [0.15, 0.2) is 0 Å². The van der Waals surface area contributed by atoms with Crippen molar-refractivity contribution in [3.05, 3.63) is 154 Å². The molecule has 5 aromatic heterocycles. The highest BCUT2D eigenvalue weighted by molar-refractivity contribution is 7.12. The molecule has 0 aliphatic carbocycles. The van der Waals surface area contributed by atoms with Crippen molar-refractivity contribution in [2.45, 2.75) is 328 Å². The lowest BCUT2D eigenvalue weighted by molar-refractivity contribution is 0.407. The Hall–Kier alpha value is -3.25. The minimum Gasteiger partial charge on any atom is -0.468 e. The molecule has 82 heavy (non-hydrogen) atoms. The molecule has 0 radical (unpaired) electrons. The van der Waals surface area contributed by atoms with Crippen LogP contribution < -0.4 is 0 Å². The molecule has 0 bridgehead atoms. The molecule has 466 valence electrons. The van der Waals surface area contributed by atoms with Crippen LogP contribution in [0, 0.1) is 0 Å². The quantitative estimate of drug-likeness (QED) is 0.151. The number of pyridine rings is 1. The second-order valence-electron chi connectivity index (χ2n) is 34.8. The van der Waals surface area contributed by atoms with Crippen molar-refractivity contribution >= 4 is 34.0 Å². The molecule has 6 aromatic rings. The van der Waals surface area contributed by atoms with Gasteiger partial charge < -0.3 is 4.42 Å². The number of benzene rings is 1. The van der Waals surface area contributed by atoms with Gasteiger partial charge in [-0.15, -0.1) is 34.0 Å². The fraction of sp³-hybridized carbons (Fsp3) is 0.649. The average molecular weight is 1180 g/mol. The number of aromatic nitrogens is 1. The number of thiophene rings is 3. The van der Waals surface area contributed by atoms with E-state index in [1.165, 1.54) is 57.8 Å². The highest BCUT2D eigenvalue weighted by atomic mass is 32.1. The summed E-state index contributed by atoms with van der Waals surface area (Å²) in [4.78, 5) is 11.7. The topological polar surface area (TPSA) is 26.0 Å². The predicted molar refractivity (Wildman–Crippen MR) is 378 cm³/mol. The zero-order valence-corrected chi connectivity index (χ0v) is 63.2. The van der Waals surface area contributed by atoms with Gasteiger partial charge in [0.1, 0.15) is 5.76 Å². The van der Waals surface area contributed by atoms with Gasteiger partial charge in [-0.1, -0.05) is 293 Å². The minimum absolute atomic E-state index is 0.115. The van der Waals surface area contributed by atoms with Crippen molar-refractivity contribution in [2.24, 2.45) is 0 Å². The van der Waals surface area contributed by atoms with Crippen molar-refractivity contribution < 1.29 is 4.42 Å². The first kappa shape index (κ1) is 78.8. The van der Waals surface area contributed by atoms with Gasteiger partial charge in [0, 0.05) is 42.2 Å². The summed E-state index contributed by atoms with van der Waals surface area (Å²) < 4.78 is 5.56. The maximum atomic E-state index is 5.56. The fourth-order valence-corrected chi connectivity index (χ4v) is 10.7. The van der Waals surface area contributed by atoms with Crippen LogP contribution in [0.1, 0.15) is 327 Å². The van der Waals surface area contributed by atoms with Crippen LogP contribution in [-0.2, 0) is 65.0 Å². The highest BCUT2D eigenvalue weighted by Gasteiger charge is 2.26. The Labute approximate surface area is 522 Å². The minimum atomic E-state index is 0.115. The summed E-state index contributed by atoms with van der Waals surface area (Å²) in [5.74, 6) is 1.07. The van der Waals surface area contributed by atoms with E-state index in [1.54, 1.807) is 0 Å². The molecule has 0 N–H and O–H groups in total. The van der Waals surface area contributed by atoms with Gasteiger partial charge in [0.05, 0.1) is 6.26 Å². The number of rotatable bonds is 0. The van der Waals surface area contributed by atoms with Crippen LogP contribution in [0.15, 0.2) is 95.2 Å². The Morgan fingerprint density at radius 1 is 0.280 bits per heavy atom. The van der Waals surface area contributed by atoms with Crippen molar-refractivity contribution in [3.63, 3.8) is 0 Å². The first-order valence-corrected chi connectivity index (χ1v) is 33.3. The SMILES string of the molecule is CC.CC(C)(C)c1ccc(C(C)(C)C)s1.CC(C)(C)c1ccc(C(C)(C)C)s1.CC(C)(C)c1cccc(C(C)(C)C)c1.CC(C)(C)c1cncc(C(C)(C)C)c1.CC(C)(C)c1coc(C(C)(C)C)c1.CC(C)(C)c1csc(C(C)(C)C)c1. The van der Waals surface area contributed by atoms with Crippen molar-refractivity contribution in [3.8, 4) is 0 Å². The largest absolute Gasteiger partial charge is 0.468 e. The lowest BCUT2D eigenvalue weighted by Gasteiger charge is -2.24. The summed E-state index contributed by atoms with van der Waals surface area (Å²) in [5.41, 5.74) is 11.2. The molecule has 1 aromatic carbocycles. The summed E-state index contributed by atoms with van der Waals surface area (Å²) in [6.45, 7) is 84.8. The number of nitrogens with zero attached hydrogens (tertiary/aromatic N) is 1. The normalized spacial score (nSPS) is 13.0. The maximum absolute atomic E-state index is 5.56. The Balaban J connectivity index is 0.000000954. The Morgan fingerprint density at radius 3 is 0.756 bits per heavy atom. The molecule has 2 nitrogen and oxygen atoms in total.